The molecular weight excluding hydrogens is 253 g/mol. The first-order chi connectivity index (χ1) is 8.61. The van der Waals surface area contributed by atoms with Gasteiger partial charge in [-0.3, -0.25) is 0 Å². The summed E-state index contributed by atoms with van der Waals surface area (Å²) in [4.78, 5) is 10.3. The summed E-state index contributed by atoms with van der Waals surface area (Å²) in [6.45, 7) is 1.88. The Balaban J connectivity index is 2.34. The largest absolute Gasteiger partial charge is 0.314 e. The highest BCUT2D eigenvalue weighted by molar-refractivity contribution is 6.17. The van der Waals surface area contributed by atoms with Gasteiger partial charge in [-0.1, -0.05) is 6.07 Å². The number of benzene rings is 1. The number of alkyl halides is 1. The van der Waals surface area contributed by atoms with Gasteiger partial charge in [-0.05, 0) is 25.1 Å². The second-order valence-corrected chi connectivity index (χ2v) is 4.22. The summed E-state index contributed by atoms with van der Waals surface area (Å²) in [5.41, 5.74) is 2.43. The van der Waals surface area contributed by atoms with Crippen LogP contribution in [-0.4, -0.2) is 17.0 Å². The summed E-state index contributed by atoms with van der Waals surface area (Å²) in [5.74, 6) is 0.621. The van der Waals surface area contributed by atoms with Crippen LogP contribution in [-0.2, 0) is 5.88 Å². The molecule has 0 aliphatic rings. The quantitative estimate of drug-likeness (QED) is 0.796. The van der Waals surface area contributed by atoms with Gasteiger partial charge in [-0.25, -0.2) is 14.4 Å². The summed E-state index contributed by atoms with van der Waals surface area (Å²) < 4.78 is 13.2. The average molecular weight is 266 g/mol. The monoisotopic (exact) mass is 265 g/mol. The molecule has 0 N–H and O–H groups in total. The molecule has 0 unspecified atom stereocenters. The molecule has 1 aromatic carbocycles. The van der Waals surface area contributed by atoms with E-state index in [2.05, 4.69) is 9.97 Å². The van der Waals surface area contributed by atoms with Crippen LogP contribution < -0.4 is 4.90 Å². The molecule has 0 bridgehead atoms. The lowest BCUT2D eigenvalue weighted by Gasteiger charge is -2.17. The fourth-order valence-electron chi connectivity index (χ4n) is 1.57. The molecule has 1 heterocycles. The van der Waals surface area contributed by atoms with Crippen LogP contribution in [0.2, 0.25) is 0 Å². The van der Waals surface area contributed by atoms with Gasteiger partial charge in [0.25, 0.3) is 0 Å². The highest BCUT2D eigenvalue weighted by Gasteiger charge is 2.09. The van der Waals surface area contributed by atoms with E-state index in [4.69, 9.17) is 11.6 Å². The highest BCUT2D eigenvalue weighted by atomic mass is 35.5. The third-order valence-corrected chi connectivity index (χ3v) is 3.00. The normalized spacial score (nSPS) is 10.4. The van der Waals surface area contributed by atoms with Crippen molar-refractivity contribution in [3.63, 3.8) is 0 Å². The van der Waals surface area contributed by atoms with Crippen LogP contribution in [0.1, 0.15) is 11.3 Å². The Morgan fingerprint density at radius 1 is 1.39 bits per heavy atom. The number of nitrogens with zero attached hydrogens (tertiary/aromatic N) is 3. The maximum Gasteiger partial charge on any atom is 0.229 e. The van der Waals surface area contributed by atoms with Crippen molar-refractivity contribution in [2.45, 2.75) is 12.8 Å². The third-order valence-electron chi connectivity index (χ3n) is 2.71. The predicted octanol–water partition coefficient (Wildman–Crippen LogP) is 3.43. The Labute approximate surface area is 110 Å². The lowest BCUT2D eigenvalue weighted by molar-refractivity contribution is 0.628. The van der Waals surface area contributed by atoms with Crippen molar-refractivity contribution in [2.75, 3.05) is 11.9 Å². The van der Waals surface area contributed by atoms with Crippen molar-refractivity contribution in [3.8, 4) is 0 Å². The smallest absolute Gasteiger partial charge is 0.229 e. The summed E-state index contributed by atoms with van der Waals surface area (Å²) in [6, 6.07) is 6.30. The molecule has 0 aliphatic heterocycles. The van der Waals surface area contributed by atoms with Crippen molar-refractivity contribution in [3.05, 3.63) is 47.5 Å². The second-order valence-electron chi connectivity index (χ2n) is 3.95. The molecule has 0 radical (unpaired) electrons. The van der Waals surface area contributed by atoms with Crippen molar-refractivity contribution in [2.24, 2.45) is 0 Å². The molecule has 94 valence electrons. The molecule has 1 aromatic heterocycles. The molecule has 0 spiro atoms. The molecule has 0 aliphatic carbocycles. The number of halogens is 2. The molecule has 3 nitrogen and oxygen atoms in total. The van der Waals surface area contributed by atoms with E-state index in [1.165, 1.54) is 12.1 Å². The molecule has 0 saturated heterocycles. The second kappa shape index (κ2) is 5.31. The van der Waals surface area contributed by atoms with Crippen LogP contribution in [0.15, 0.2) is 30.5 Å². The minimum atomic E-state index is -0.284. The first kappa shape index (κ1) is 12.8. The minimum Gasteiger partial charge on any atom is -0.314 e. The summed E-state index contributed by atoms with van der Waals surface area (Å²) >= 11 is 5.76. The van der Waals surface area contributed by atoms with E-state index in [-0.39, 0.29) is 5.82 Å². The van der Waals surface area contributed by atoms with Crippen molar-refractivity contribution in [1.82, 2.24) is 9.97 Å². The fourth-order valence-corrected chi connectivity index (χ4v) is 1.84. The number of hydrogen-bond donors (Lipinski definition) is 0. The van der Waals surface area contributed by atoms with Gasteiger partial charge in [0.2, 0.25) is 5.95 Å². The molecular formula is C13H13ClFN3. The molecule has 5 heteroatoms. The van der Waals surface area contributed by atoms with E-state index in [0.717, 1.165) is 11.3 Å². The van der Waals surface area contributed by atoms with E-state index >= 15 is 0 Å². The minimum absolute atomic E-state index is 0.284. The topological polar surface area (TPSA) is 29.0 Å². The number of rotatable bonds is 3. The first-order valence-electron chi connectivity index (χ1n) is 5.49. The molecule has 0 atom stereocenters. The molecule has 0 saturated carbocycles. The lowest BCUT2D eigenvalue weighted by atomic mass is 10.3. The van der Waals surface area contributed by atoms with Crippen LogP contribution in [0.5, 0.6) is 0 Å². The number of hydrogen-bond acceptors (Lipinski definition) is 3. The van der Waals surface area contributed by atoms with E-state index in [1.54, 1.807) is 30.3 Å². The molecule has 0 fully saturated rings. The SMILES string of the molecule is Cc1nc(N(C)c2cccc(F)c2)ncc1CCl. The van der Waals surface area contributed by atoms with Gasteiger partial charge in [0, 0.05) is 30.2 Å². The number of anilines is 2. The zero-order valence-corrected chi connectivity index (χ0v) is 10.9. The van der Waals surface area contributed by atoms with E-state index < -0.39 is 0 Å². The molecule has 2 rings (SSSR count). The summed E-state index contributed by atoms with van der Waals surface area (Å²) in [6.07, 6.45) is 1.69. The van der Waals surface area contributed by atoms with Gasteiger partial charge >= 0.3 is 0 Å². The van der Waals surface area contributed by atoms with Crippen LogP contribution in [0, 0.1) is 12.7 Å². The Hall–Kier alpha value is -1.68. The maximum atomic E-state index is 13.2. The van der Waals surface area contributed by atoms with Gasteiger partial charge in [0.15, 0.2) is 0 Å². The van der Waals surface area contributed by atoms with Gasteiger partial charge in [-0.2, -0.15) is 0 Å². The van der Waals surface area contributed by atoms with E-state index in [0.29, 0.717) is 17.5 Å². The summed E-state index contributed by atoms with van der Waals surface area (Å²) in [5, 5.41) is 0. The van der Waals surface area contributed by atoms with E-state index in [1.807, 2.05) is 6.92 Å². The lowest BCUT2D eigenvalue weighted by Crippen LogP contribution is -2.14. The third kappa shape index (κ3) is 2.59. The van der Waals surface area contributed by atoms with Crippen LogP contribution in [0.3, 0.4) is 0 Å². The average Bonchev–Trinajstić information content (AvgIpc) is 2.37. The Kier molecular flexibility index (Phi) is 3.77. The van der Waals surface area contributed by atoms with Gasteiger partial charge in [-0.15, -0.1) is 11.6 Å². The Morgan fingerprint density at radius 3 is 2.78 bits per heavy atom. The number of aromatic nitrogens is 2. The van der Waals surface area contributed by atoms with Gasteiger partial charge < -0.3 is 4.90 Å². The number of aryl methyl sites for hydroxylation is 1. The molecule has 18 heavy (non-hydrogen) atoms. The predicted molar refractivity (Wildman–Crippen MR) is 70.8 cm³/mol. The Bertz CT molecular complexity index is 560. The van der Waals surface area contributed by atoms with Crippen LogP contribution >= 0.6 is 11.6 Å². The zero-order valence-electron chi connectivity index (χ0n) is 10.2. The molecule has 0 amide bonds. The van der Waals surface area contributed by atoms with Crippen molar-refractivity contribution < 1.29 is 4.39 Å². The molecule has 2 aromatic rings. The summed E-state index contributed by atoms with van der Waals surface area (Å²) in [7, 11) is 1.80. The zero-order chi connectivity index (χ0) is 13.1. The standard InChI is InChI=1S/C13H13ClFN3/c1-9-10(7-14)8-16-13(17-9)18(2)12-5-3-4-11(15)6-12/h3-6,8H,7H2,1-2H3. The van der Waals surface area contributed by atoms with Gasteiger partial charge in [0.1, 0.15) is 5.82 Å². The van der Waals surface area contributed by atoms with Gasteiger partial charge in [0.05, 0.1) is 5.88 Å². The van der Waals surface area contributed by atoms with Crippen molar-refractivity contribution in [1.29, 1.82) is 0 Å². The Morgan fingerprint density at radius 2 is 2.17 bits per heavy atom. The fraction of sp³-hybridized carbons (Fsp3) is 0.231. The van der Waals surface area contributed by atoms with Crippen LogP contribution in [0.25, 0.3) is 0 Å². The van der Waals surface area contributed by atoms with Crippen molar-refractivity contribution >= 4 is 23.2 Å². The van der Waals surface area contributed by atoms with Crippen LogP contribution in [0.4, 0.5) is 16.0 Å². The van der Waals surface area contributed by atoms with E-state index in [9.17, 15) is 4.39 Å². The maximum absolute atomic E-state index is 13.2. The first-order valence-corrected chi connectivity index (χ1v) is 6.03. The highest BCUT2D eigenvalue weighted by Crippen LogP contribution is 2.21.